The first-order chi connectivity index (χ1) is 12.6. The molecule has 1 aliphatic heterocycles. The zero-order valence-corrected chi connectivity index (χ0v) is 15.2. The minimum absolute atomic E-state index is 0.00170. The van der Waals surface area contributed by atoms with Gasteiger partial charge in [-0.05, 0) is 65.2 Å². The van der Waals surface area contributed by atoms with Crippen LogP contribution >= 0.6 is 23.2 Å². The molecule has 1 amide bonds. The second kappa shape index (κ2) is 7.05. The first-order valence-corrected chi connectivity index (χ1v) is 8.98. The van der Waals surface area contributed by atoms with Crippen LogP contribution in [-0.2, 0) is 0 Å². The number of rotatable bonds is 3. The van der Waals surface area contributed by atoms with Gasteiger partial charge in [0, 0.05) is 12.1 Å². The fraction of sp³-hybridized carbons (Fsp3) is 0.222. The standard InChI is InChI=1S/C18H15Cl2N5O/c19-15-8-5-13(10-16(15)20)17-2-1-9-24(17)18(26)12-3-6-14(7-4-12)25-11-21-22-23-25/h3-8,10-11,17H,1-2,9H2. The first-order valence-electron chi connectivity index (χ1n) is 8.23. The van der Waals surface area contributed by atoms with E-state index in [1.807, 2.05) is 29.2 Å². The Balaban J connectivity index is 1.57. The van der Waals surface area contributed by atoms with E-state index in [1.165, 1.54) is 6.33 Å². The number of tetrazole rings is 1. The van der Waals surface area contributed by atoms with Crippen molar-refractivity contribution in [2.75, 3.05) is 6.54 Å². The number of hydrogen-bond acceptors (Lipinski definition) is 4. The van der Waals surface area contributed by atoms with E-state index < -0.39 is 0 Å². The van der Waals surface area contributed by atoms with Crippen LogP contribution in [0.15, 0.2) is 48.8 Å². The highest BCUT2D eigenvalue weighted by Gasteiger charge is 2.30. The lowest BCUT2D eigenvalue weighted by molar-refractivity contribution is 0.0735. The predicted molar refractivity (Wildman–Crippen MR) is 98.6 cm³/mol. The molecule has 1 atom stereocenters. The van der Waals surface area contributed by atoms with Crippen LogP contribution in [0, 0.1) is 0 Å². The number of likely N-dealkylation sites (tertiary alicyclic amines) is 1. The Morgan fingerprint density at radius 2 is 1.88 bits per heavy atom. The van der Waals surface area contributed by atoms with E-state index in [4.69, 9.17) is 23.2 Å². The molecule has 0 bridgehead atoms. The summed E-state index contributed by atoms with van der Waals surface area (Å²) in [6, 6.07) is 12.8. The Hall–Kier alpha value is -2.44. The molecule has 1 unspecified atom stereocenters. The number of hydrogen-bond donors (Lipinski definition) is 0. The molecule has 132 valence electrons. The molecule has 2 aromatic carbocycles. The van der Waals surface area contributed by atoms with Gasteiger partial charge in [-0.15, -0.1) is 5.10 Å². The highest BCUT2D eigenvalue weighted by atomic mass is 35.5. The largest absolute Gasteiger partial charge is 0.332 e. The van der Waals surface area contributed by atoms with Crippen molar-refractivity contribution in [1.82, 2.24) is 25.1 Å². The number of carbonyl (C=O) groups excluding carboxylic acids is 1. The van der Waals surface area contributed by atoms with Gasteiger partial charge < -0.3 is 4.90 Å². The summed E-state index contributed by atoms with van der Waals surface area (Å²) in [5.74, 6) is 0.00170. The molecular weight excluding hydrogens is 373 g/mol. The molecule has 2 heterocycles. The molecule has 1 aliphatic rings. The third-order valence-corrected chi connectivity index (χ3v) is 5.31. The van der Waals surface area contributed by atoms with Gasteiger partial charge in [-0.25, -0.2) is 4.68 Å². The van der Waals surface area contributed by atoms with Gasteiger partial charge in [0.1, 0.15) is 6.33 Å². The summed E-state index contributed by atoms with van der Waals surface area (Å²) in [5.41, 5.74) is 2.44. The van der Waals surface area contributed by atoms with E-state index in [1.54, 1.807) is 22.9 Å². The molecule has 6 nitrogen and oxygen atoms in total. The number of carbonyl (C=O) groups is 1. The SMILES string of the molecule is O=C(c1ccc(-n2cnnn2)cc1)N1CCCC1c1ccc(Cl)c(Cl)c1. The Labute approximate surface area is 160 Å². The molecule has 0 N–H and O–H groups in total. The van der Waals surface area contributed by atoms with Crippen molar-refractivity contribution < 1.29 is 4.79 Å². The fourth-order valence-corrected chi connectivity index (χ4v) is 3.58. The normalized spacial score (nSPS) is 16.8. The molecule has 26 heavy (non-hydrogen) atoms. The predicted octanol–water partition coefficient (Wildman–Crippen LogP) is 3.95. The van der Waals surface area contributed by atoms with Gasteiger partial charge in [0.2, 0.25) is 0 Å². The summed E-state index contributed by atoms with van der Waals surface area (Å²) in [6.07, 6.45) is 3.38. The van der Waals surface area contributed by atoms with Crippen molar-refractivity contribution in [2.24, 2.45) is 0 Å². The lowest BCUT2D eigenvalue weighted by Gasteiger charge is -2.25. The van der Waals surface area contributed by atoms with Crippen LogP contribution in [0.1, 0.15) is 34.8 Å². The molecule has 0 radical (unpaired) electrons. The maximum absolute atomic E-state index is 13.0. The van der Waals surface area contributed by atoms with Gasteiger partial charge in [-0.2, -0.15) is 0 Å². The Bertz CT molecular complexity index is 927. The summed E-state index contributed by atoms with van der Waals surface area (Å²) < 4.78 is 1.54. The van der Waals surface area contributed by atoms with Crippen molar-refractivity contribution in [3.63, 3.8) is 0 Å². The zero-order valence-electron chi connectivity index (χ0n) is 13.7. The molecule has 1 aromatic heterocycles. The molecule has 4 rings (SSSR count). The Morgan fingerprint density at radius 1 is 1.08 bits per heavy atom. The molecule has 0 saturated carbocycles. The van der Waals surface area contributed by atoms with Crippen LogP contribution in [0.2, 0.25) is 10.0 Å². The molecule has 8 heteroatoms. The second-order valence-electron chi connectivity index (χ2n) is 6.13. The highest BCUT2D eigenvalue weighted by molar-refractivity contribution is 6.42. The van der Waals surface area contributed by atoms with E-state index in [2.05, 4.69) is 15.5 Å². The number of amides is 1. The van der Waals surface area contributed by atoms with Crippen LogP contribution in [-0.4, -0.2) is 37.6 Å². The van der Waals surface area contributed by atoms with E-state index in [0.717, 1.165) is 30.6 Å². The molecule has 0 spiro atoms. The van der Waals surface area contributed by atoms with Crippen molar-refractivity contribution in [3.05, 3.63) is 70.0 Å². The minimum atomic E-state index is 0.00170. The van der Waals surface area contributed by atoms with Gasteiger partial charge in [-0.3, -0.25) is 4.79 Å². The maximum atomic E-state index is 13.0. The smallest absolute Gasteiger partial charge is 0.254 e. The van der Waals surface area contributed by atoms with Gasteiger partial charge in [0.05, 0.1) is 21.8 Å². The van der Waals surface area contributed by atoms with E-state index >= 15 is 0 Å². The summed E-state index contributed by atoms with van der Waals surface area (Å²) >= 11 is 12.2. The van der Waals surface area contributed by atoms with Gasteiger partial charge in [0.25, 0.3) is 5.91 Å². The minimum Gasteiger partial charge on any atom is -0.332 e. The van der Waals surface area contributed by atoms with Crippen LogP contribution in [0.4, 0.5) is 0 Å². The van der Waals surface area contributed by atoms with Crippen LogP contribution < -0.4 is 0 Å². The number of nitrogens with zero attached hydrogens (tertiary/aromatic N) is 5. The number of benzene rings is 2. The lowest BCUT2D eigenvalue weighted by Crippen LogP contribution is -2.30. The van der Waals surface area contributed by atoms with Crippen LogP contribution in [0.5, 0.6) is 0 Å². The van der Waals surface area contributed by atoms with Crippen molar-refractivity contribution in [2.45, 2.75) is 18.9 Å². The van der Waals surface area contributed by atoms with E-state index in [0.29, 0.717) is 15.6 Å². The zero-order chi connectivity index (χ0) is 18.1. The summed E-state index contributed by atoms with van der Waals surface area (Å²) in [5, 5.41) is 12.1. The van der Waals surface area contributed by atoms with Crippen molar-refractivity contribution in [3.8, 4) is 5.69 Å². The van der Waals surface area contributed by atoms with Crippen molar-refractivity contribution >= 4 is 29.1 Å². The average molecular weight is 388 g/mol. The fourth-order valence-electron chi connectivity index (χ4n) is 3.28. The maximum Gasteiger partial charge on any atom is 0.254 e. The average Bonchev–Trinajstić information content (AvgIpc) is 3.35. The topological polar surface area (TPSA) is 63.9 Å². The molecule has 0 aliphatic carbocycles. The second-order valence-corrected chi connectivity index (χ2v) is 6.95. The van der Waals surface area contributed by atoms with Gasteiger partial charge in [-0.1, -0.05) is 29.3 Å². The Kier molecular flexibility index (Phi) is 4.61. The van der Waals surface area contributed by atoms with Gasteiger partial charge >= 0.3 is 0 Å². The third-order valence-electron chi connectivity index (χ3n) is 4.57. The summed E-state index contributed by atoms with van der Waals surface area (Å²) in [6.45, 7) is 0.721. The molecule has 1 saturated heterocycles. The van der Waals surface area contributed by atoms with Crippen LogP contribution in [0.25, 0.3) is 5.69 Å². The third kappa shape index (κ3) is 3.18. The number of halogens is 2. The highest BCUT2D eigenvalue weighted by Crippen LogP contribution is 2.35. The molecular formula is C18H15Cl2N5O. The Morgan fingerprint density at radius 3 is 2.58 bits per heavy atom. The van der Waals surface area contributed by atoms with E-state index in [9.17, 15) is 4.79 Å². The number of aromatic nitrogens is 4. The van der Waals surface area contributed by atoms with Crippen molar-refractivity contribution in [1.29, 1.82) is 0 Å². The summed E-state index contributed by atoms with van der Waals surface area (Å²) in [4.78, 5) is 14.9. The van der Waals surface area contributed by atoms with Gasteiger partial charge in [0.15, 0.2) is 0 Å². The summed E-state index contributed by atoms with van der Waals surface area (Å²) in [7, 11) is 0. The van der Waals surface area contributed by atoms with Crippen LogP contribution in [0.3, 0.4) is 0 Å². The monoisotopic (exact) mass is 387 g/mol. The molecule has 1 fully saturated rings. The lowest BCUT2D eigenvalue weighted by atomic mass is 10.0. The van der Waals surface area contributed by atoms with E-state index in [-0.39, 0.29) is 11.9 Å². The quantitative estimate of drug-likeness (QED) is 0.682. The molecule has 3 aromatic rings. The first kappa shape index (κ1) is 17.0.